The zero-order chi connectivity index (χ0) is 28.4. The number of carbonyl (C=O) groups excluding carboxylic acids is 2. The summed E-state index contributed by atoms with van der Waals surface area (Å²) in [4.78, 5) is 23.6. The van der Waals surface area contributed by atoms with Crippen LogP contribution in [-0.2, 0) is 9.53 Å². The summed E-state index contributed by atoms with van der Waals surface area (Å²) < 4.78 is 22.0. The molecule has 3 rings (SSSR count). The van der Waals surface area contributed by atoms with Gasteiger partial charge in [-0.05, 0) is 78.9 Å². The van der Waals surface area contributed by atoms with Crippen LogP contribution in [-0.4, -0.2) is 31.8 Å². The molecule has 0 atom stereocenters. The molecule has 0 aliphatic carbocycles. The molecular weight excluding hydrogens is 504 g/mol. The van der Waals surface area contributed by atoms with E-state index in [9.17, 15) is 9.59 Å². The molecular formula is C34H40O6. The Hall–Kier alpha value is -4.06. The van der Waals surface area contributed by atoms with Crippen molar-refractivity contribution in [1.29, 1.82) is 0 Å². The molecule has 0 N–H and O–H groups in total. The van der Waals surface area contributed by atoms with E-state index in [2.05, 4.69) is 13.5 Å². The first kappa shape index (κ1) is 30.5. The first-order valence-electron chi connectivity index (χ1n) is 14.2. The first-order chi connectivity index (χ1) is 19.6. The zero-order valence-electron chi connectivity index (χ0n) is 23.4. The number of rotatable bonds is 18. The molecule has 3 aromatic carbocycles. The second-order valence-electron chi connectivity index (χ2n) is 9.51. The smallest absolute Gasteiger partial charge is 0.343 e. The quantitative estimate of drug-likeness (QED) is 0.0696. The van der Waals surface area contributed by atoms with Gasteiger partial charge in [0.15, 0.2) is 0 Å². The van der Waals surface area contributed by atoms with E-state index in [0.29, 0.717) is 36.7 Å². The van der Waals surface area contributed by atoms with E-state index in [1.54, 1.807) is 36.4 Å². The van der Waals surface area contributed by atoms with E-state index in [-0.39, 0.29) is 0 Å². The Morgan fingerprint density at radius 3 is 1.68 bits per heavy atom. The maximum Gasteiger partial charge on any atom is 0.343 e. The molecule has 0 fully saturated rings. The molecule has 6 nitrogen and oxygen atoms in total. The van der Waals surface area contributed by atoms with E-state index < -0.39 is 11.9 Å². The topological polar surface area (TPSA) is 71.1 Å². The lowest BCUT2D eigenvalue weighted by molar-refractivity contribution is -0.137. The molecule has 0 amide bonds. The zero-order valence-corrected chi connectivity index (χ0v) is 23.4. The summed E-state index contributed by atoms with van der Waals surface area (Å²) in [6.07, 6.45) is 10.1. The summed E-state index contributed by atoms with van der Waals surface area (Å²) in [6, 6.07) is 22.3. The summed E-state index contributed by atoms with van der Waals surface area (Å²) in [6.45, 7) is 7.15. The maximum absolute atomic E-state index is 12.6. The number of hydrogen-bond donors (Lipinski definition) is 0. The standard InChI is InChI=1S/C34H40O6/c1-3-5-6-7-8-9-24-37-30-18-12-27(13-19-30)28-14-22-32(23-15-28)40-34(36)29-16-20-31(21-17-29)38-25-10-11-26-39-33(35)4-2/h4,12-23H,2-3,5-11,24-26H2,1H3. The van der Waals surface area contributed by atoms with E-state index in [0.717, 1.165) is 42.4 Å². The van der Waals surface area contributed by atoms with Crippen molar-refractivity contribution in [2.45, 2.75) is 58.3 Å². The summed E-state index contributed by atoms with van der Waals surface area (Å²) in [5, 5.41) is 0. The van der Waals surface area contributed by atoms with Crippen LogP contribution in [0.5, 0.6) is 17.2 Å². The molecule has 0 unspecified atom stereocenters. The SMILES string of the molecule is C=CC(=O)OCCCCOc1ccc(C(=O)Oc2ccc(-c3ccc(OCCCCCCCC)cc3)cc2)cc1. The van der Waals surface area contributed by atoms with Crippen molar-refractivity contribution in [3.05, 3.63) is 91.0 Å². The summed E-state index contributed by atoms with van der Waals surface area (Å²) in [5.41, 5.74) is 2.53. The highest BCUT2D eigenvalue weighted by Gasteiger charge is 2.09. The highest BCUT2D eigenvalue weighted by molar-refractivity contribution is 5.91. The molecule has 0 radical (unpaired) electrons. The number of unbranched alkanes of at least 4 members (excludes halogenated alkanes) is 6. The molecule has 212 valence electrons. The highest BCUT2D eigenvalue weighted by atomic mass is 16.5. The van der Waals surface area contributed by atoms with Crippen molar-refractivity contribution < 1.29 is 28.5 Å². The van der Waals surface area contributed by atoms with Gasteiger partial charge in [0.25, 0.3) is 0 Å². The Balaban J connectivity index is 1.39. The molecule has 0 aromatic heterocycles. The van der Waals surface area contributed by atoms with Gasteiger partial charge in [-0.25, -0.2) is 9.59 Å². The summed E-state index contributed by atoms with van der Waals surface area (Å²) in [7, 11) is 0. The van der Waals surface area contributed by atoms with Crippen LogP contribution >= 0.6 is 0 Å². The lowest BCUT2D eigenvalue weighted by Gasteiger charge is -2.09. The van der Waals surface area contributed by atoms with Gasteiger partial charge in [0.05, 0.1) is 25.4 Å². The van der Waals surface area contributed by atoms with Gasteiger partial charge in [0.1, 0.15) is 17.2 Å². The minimum absolute atomic E-state index is 0.334. The van der Waals surface area contributed by atoms with Crippen molar-refractivity contribution in [1.82, 2.24) is 0 Å². The van der Waals surface area contributed by atoms with Gasteiger partial charge >= 0.3 is 11.9 Å². The van der Waals surface area contributed by atoms with Crippen LogP contribution < -0.4 is 14.2 Å². The average Bonchev–Trinajstić information content (AvgIpc) is 2.99. The maximum atomic E-state index is 12.6. The van der Waals surface area contributed by atoms with Gasteiger partial charge in [0.2, 0.25) is 0 Å². The van der Waals surface area contributed by atoms with E-state index >= 15 is 0 Å². The van der Waals surface area contributed by atoms with Gasteiger partial charge < -0.3 is 18.9 Å². The fraction of sp³-hybridized carbons (Fsp3) is 0.353. The number of esters is 2. The number of carbonyl (C=O) groups is 2. The number of benzene rings is 3. The van der Waals surface area contributed by atoms with Crippen LogP contribution in [0.25, 0.3) is 11.1 Å². The van der Waals surface area contributed by atoms with Gasteiger partial charge in [-0.3, -0.25) is 0 Å². The molecule has 0 heterocycles. The molecule has 6 heteroatoms. The number of ether oxygens (including phenoxy) is 4. The van der Waals surface area contributed by atoms with E-state index in [1.165, 1.54) is 32.1 Å². The van der Waals surface area contributed by atoms with Crippen molar-refractivity contribution in [2.24, 2.45) is 0 Å². The van der Waals surface area contributed by atoms with Crippen molar-refractivity contribution in [2.75, 3.05) is 19.8 Å². The number of hydrogen-bond acceptors (Lipinski definition) is 6. The monoisotopic (exact) mass is 544 g/mol. The minimum Gasteiger partial charge on any atom is -0.494 e. The Labute approximate surface area is 237 Å². The van der Waals surface area contributed by atoms with Crippen molar-refractivity contribution in [3.8, 4) is 28.4 Å². The molecule has 0 aliphatic rings. The average molecular weight is 545 g/mol. The second kappa shape index (κ2) is 17.5. The van der Waals surface area contributed by atoms with Gasteiger partial charge in [-0.1, -0.05) is 69.9 Å². The Morgan fingerprint density at radius 2 is 1.10 bits per heavy atom. The predicted molar refractivity (Wildman–Crippen MR) is 158 cm³/mol. The Morgan fingerprint density at radius 1 is 0.625 bits per heavy atom. The molecule has 0 aliphatic heterocycles. The Kier molecular flexibility index (Phi) is 13.3. The third kappa shape index (κ3) is 11.0. The summed E-state index contributed by atoms with van der Waals surface area (Å²) >= 11 is 0. The second-order valence-corrected chi connectivity index (χ2v) is 9.51. The van der Waals surface area contributed by atoms with Crippen molar-refractivity contribution in [3.63, 3.8) is 0 Å². The van der Waals surface area contributed by atoms with Crippen LogP contribution in [0, 0.1) is 0 Å². The van der Waals surface area contributed by atoms with Crippen molar-refractivity contribution >= 4 is 11.9 Å². The van der Waals surface area contributed by atoms with Crippen LogP contribution in [0.15, 0.2) is 85.5 Å². The highest BCUT2D eigenvalue weighted by Crippen LogP contribution is 2.25. The van der Waals surface area contributed by atoms with E-state index in [1.807, 2.05) is 36.4 Å². The minimum atomic E-state index is -0.435. The van der Waals surface area contributed by atoms with Crippen LogP contribution in [0.4, 0.5) is 0 Å². The first-order valence-corrected chi connectivity index (χ1v) is 14.2. The third-order valence-electron chi connectivity index (χ3n) is 6.33. The predicted octanol–water partition coefficient (Wildman–Crippen LogP) is 8.20. The van der Waals surface area contributed by atoms with E-state index in [4.69, 9.17) is 18.9 Å². The normalized spacial score (nSPS) is 10.5. The lowest BCUT2D eigenvalue weighted by atomic mass is 10.1. The van der Waals surface area contributed by atoms with Gasteiger partial charge in [0, 0.05) is 6.08 Å². The molecule has 0 saturated carbocycles. The Bertz CT molecular complexity index is 1170. The molecule has 0 bridgehead atoms. The van der Waals surface area contributed by atoms with Crippen LogP contribution in [0.2, 0.25) is 0 Å². The lowest BCUT2D eigenvalue weighted by Crippen LogP contribution is -2.08. The summed E-state index contributed by atoms with van der Waals surface area (Å²) in [5.74, 6) is 1.16. The largest absolute Gasteiger partial charge is 0.494 e. The van der Waals surface area contributed by atoms with Gasteiger partial charge in [-0.2, -0.15) is 0 Å². The third-order valence-corrected chi connectivity index (χ3v) is 6.33. The molecule has 0 saturated heterocycles. The fourth-order valence-electron chi connectivity index (χ4n) is 4.01. The van der Waals surface area contributed by atoms with Crippen LogP contribution in [0.3, 0.4) is 0 Å². The molecule has 40 heavy (non-hydrogen) atoms. The molecule has 3 aromatic rings. The van der Waals surface area contributed by atoms with Crippen LogP contribution in [0.1, 0.15) is 68.6 Å². The van der Waals surface area contributed by atoms with Gasteiger partial charge in [-0.15, -0.1) is 0 Å². The fourth-order valence-corrected chi connectivity index (χ4v) is 4.01. The molecule has 0 spiro atoms.